The van der Waals surface area contributed by atoms with E-state index in [0.717, 1.165) is 18.4 Å². The minimum atomic E-state index is -5.78. The van der Waals surface area contributed by atoms with Gasteiger partial charge in [-0.05, 0) is 25.0 Å². The number of nitrogens with zero attached hydrogens (tertiary/aromatic N) is 6. The predicted octanol–water partition coefficient (Wildman–Crippen LogP) is 5.41. The average molecular weight is 528 g/mol. The number of aromatic nitrogens is 6. The van der Waals surface area contributed by atoms with E-state index in [1.807, 2.05) is 10.9 Å². The molecule has 0 aliphatic heterocycles. The topological polar surface area (TPSA) is 108 Å². The fraction of sp³-hybridized carbons (Fsp3) is 0.364. The van der Waals surface area contributed by atoms with Crippen LogP contribution in [0.1, 0.15) is 31.4 Å². The lowest BCUT2D eigenvalue weighted by molar-refractivity contribution is -0.289. The van der Waals surface area contributed by atoms with Gasteiger partial charge in [0.25, 0.3) is 0 Å². The molecule has 1 fully saturated rings. The van der Waals surface area contributed by atoms with Gasteiger partial charge in [0, 0.05) is 42.5 Å². The maximum atomic E-state index is 13.9. The number of fused-ring (bicyclic) bond motifs is 1. The van der Waals surface area contributed by atoms with Crippen LogP contribution in [-0.2, 0) is 13.0 Å². The van der Waals surface area contributed by atoms with Crippen molar-refractivity contribution in [2.24, 2.45) is 12.2 Å². The second-order valence-corrected chi connectivity index (χ2v) is 11.2. The maximum Gasteiger partial charge on any atom is 0.458 e. The van der Waals surface area contributed by atoms with Crippen LogP contribution in [0.4, 0.5) is 22.0 Å². The molecule has 0 spiro atoms. The molecule has 0 aromatic carbocycles. The molecule has 4 aromatic heterocycles. The lowest BCUT2D eigenvalue weighted by Gasteiger charge is -2.29. The van der Waals surface area contributed by atoms with Gasteiger partial charge in [-0.1, -0.05) is 17.4 Å². The Morgan fingerprint density at radius 3 is 2.44 bits per heavy atom. The van der Waals surface area contributed by atoms with Gasteiger partial charge in [-0.25, -0.2) is 9.97 Å². The molecule has 0 bridgehead atoms. The molecule has 192 valence electrons. The first-order valence-electron chi connectivity index (χ1n) is 11.0. The molecule has 4 aromatic rings. The molecule has 36 heavy (non-hydrogen) atoms. The molecule has 1 aliphatic carbocycles. The monoisotopic (exact) mass is 527 g/mol. The Labute approximate surface area is 203 Å². The summed E-state index contributed by atoms with van der Waals surface area (Å²) >= 11 is 0. The van der Waals surface area contributed by atoms with Crippen LogP contribution >= 0.6 is 10.5 Å². The van der Waals surface area contributed by atoms with Gasteiger partial charge in [0.05, 0.1) is 22.7 Å². The molecular weight excluding hydrogens is 505 g/mol. The third-order valence-electron chi connectivity index (χ3n) is 6.17. The van der Waals surface area contributed by atoms with Crippen LogP contribution in [0.3, 0.4) is 0 Å². The SMILES string of the molecule is CCS(N)(O)c1cc(-c2cnn(C3CC3)c2)cnc1-c1nc2cc(C(F)(F)C(F)(F)F)cnc2n1C. The summed E-state index contributed by atoms with van der Waals surface area (Å²) in [7, 11) is -1.32. The molecule has 1 unspecified atom stereocenters. The van der Waals surface area contributed by atoms with Crippen molar-refractivity contribution in [2.75, 3.05) is 5.75 Å². The third-order valence-corrected chi connectivity index (χ3v) is 8.12. The minimum Gasteiger partial charge on any atom is -0.334 e. The molecule has 4 heterocycles. The van der Waals surface area contributed by atoms with E-state index >= 15 is 0 Å². The molecule has 1 aliphatic rings. The number of imidazole rings is 1. The summed E-state index contributed by atoms with van der Waals surface area (Å²) in [6.07, 6.45) is 1.94. The number of alkyl halides is 5. The van der Waals surface area contributed by atoms with Crippen molar-refractivity contribution in [1.82, 2.24) is 29.3 Å². The standard InChI is InChI=1S/C22H22F5N7OS/c1-3-36(28,35)17-6-12(13-9-31-34(11-13)15-4-5-15)8-29-18(17)20-32-16-7-14(10-30-19(16)33(20)2)21(23,24)22(25,26)27/h6-11,15,35H,3-5,28H2,1-2H3. The predicted molar refractivity (Wildman–Crippen MR) is 124 cm³/mol. The summed E-state index contributed by atoms with van der Waals surface area (Å²) in [5.74, 6) is -4.78. The zero-order chi connectivity index (χ0) is 26.0. The van der Waals surface area contributed by atoms with Crippen molar-refractivity contribution >= 4 is 21.7 Å². The highest BCUT2D eigenvalue weighted by atomic mass is 32.3. The molecule has 5 rings (SSSR count). The molecule has 0 saturated heterocycles. The van der Waals surface area contributed by atoms with Crippen LogP contribution in [0, 0.1) is 0 Å². The van der Waals surface area contributed by atoms with Crippen molar-refractivity contribution < 1.29 is 26.5 Å². The van der Waals surface area contributed by atoms with Gasteiger partial charge in [0.2, 0.25) is 0 Å². The summed E-state index contributed by atoms with van der Waals surface area (Å²) in [4.78, 5) is 12.8. The number of rotatable bonds is 6. The molecule has 0 amide bonds. The Bertz CT molecular complexity index is 1460. The highest BCUT2D eigenvalue weighted by Gasteiger charge is 2.59. The van der Waals surface area contributed by atoms with Gasteiger partial charge in [-0.15, -0.1) is 0 Å². The lowest BCUT2D eigenvalue weighted by atomic mass is 10.1. The Hall–Kier alpha value is -3.10. The van der Waals surface area contributed by atoms with Gasteiger partial charge in [0.15, 0.2) is 11.5 Å². The summed E-state index contributed by atoms with van der Waals surface area (Å²) in [5, 5.41) is 10.6. The maximum absolute atomic E-state index is 13.9. The third kappa shape index (κ3) is 4.02. The summed E-state index contributed by atoms with van der Waals surface area (Å²) in [6, 6.07) is 2.71. The van der Waals surface area contributed by atoms with Crippen LogP contribution in [0.2, 0.25) is 0 Å². The number of pyridine rings is 2. The number of halogens is 5. The first-order valence-corrected chi connectivity index (χ1v) is 12.8. The number of aryl methyl sites for hydroxylation is 1. The summed E-state index contributed by atoms with van der Waals surface area (Å²) in [6.45, 7) is 1.71. The van der Waals surface area contributed by atoms with E-state index < -0.39 is 28.2 Å². The fourth-order valence-corrected chi connectivity index (χ4v) is 4.97. The summed E-state index contributed by atoms with van der Waals surface area (Å²) in [5.41, 5.74) is 0.191. The fourth-order valence-electron chi connectivity index (χ4n) is 3.84. The van der Waals surface area contributed by atoms with Gasteiger partial charge < -0.3 is 9.12 Å². The molecular formula is C22H22F5N7OS. The largest absolute Gasteiger partial charge is 0.458 e. The summed E-state index contributed by atoms with van der Waals surface area (Å²) < 4.78 is 80.7. The van der Waals surface area contributed by atoms with Crippen LogP contribution in [0.15, 0.2) is 41.8 Å². The molecule has 1 atom stereocenters. The highest BCUT2D eigenvalue weighted by molar-refractivity contribution is 8.27. The van der Waals surface area contributed by atoms with E-state index in [1.165, 1.54) is 11.6 Å². The van der Waals surface area contributed by atoms with Gasteiger partial charge in [-0.2, -0.15) is 27.1 Å². The van der Waals surface area contributed by atoms with Crippen molar-refractivity contribution in [3.63, 3.8) is 0 Å². The first-order chi connectivity index (χ1) is 16.8. The van der Waals surface area contributed by atoms with Crippen LogP contribution in [-0.4, -0.2) is 45.8 Å². The number of hydrogen-bond acceptors (Lipinski definition) is 6. The van der Waals surface area contributed by atoms with Crippen molar-refractivity contribution in [3.8, 4) is 22.6 Å². The second kappa shape index (κ2) is 8.21. The quantitative estimate of drug-likeness (QED) is 0.325. The zero-order valence-electron chi connectivity index (χ0n) is 19.2. The molecule has 1 saturated carbocycles. The van der Waals surface area contributed by atoms with Crippen molar-refractivity contribution in [3.05, 3.63) is 42.5 Å². The number of hydrogen-bond donors (Lipinski definition) is 2. The van der Waals surface area contributed by atoms with E-state index in [2.05, 4.69) is 20.1 Å². The Morgan fingerprint density at radius 1 is 1.08 bits per heavy atom. The van der Waals surface area contributed by atoms with E-state index in [0.29, 0.717) is 28.8 Å². The Kier molecular flexibility index (Phi) is 5.61. The average Bonchev–Trinajstić information content (AvgIpc) is 3.47. The van der Waals surface area contributed by atoms with Gasteiger partial charge in [0.1, 0.15) is 11.2 Å². The highest BCUT2D eigenvalue weighted by Crippen LogP contribution is 2.50. The molecule has 0 radical (unpaired) electrons. The smallest absolute Gasteiger partial charge is 0.334 e. The lowest BCUT2D eigenvalue weighted by Crippen LogP contribution is -2.33. The van der Waals surface area contributed by atoms with Crippen LogP contribution in [0.25, 0.3) is 33.8 Å². The molecule has 3 N–H and O–H groups in total. The van der Waals surface area contributed by atoms with Crippen molar-refractivity contribution in [1.29, 1.82) is 0 Å². The van der Waals surface area contributed by atoms with Crippen LogP contribution < -0.4 is 5.14 Å². The first kappa shape index (κ1) is 24.6. The molecule has 14 heteroatoms. The minimum absolute atomic E-state index is 0.0707. The van der Waals surface area contributed by atoms with E-state index in [1.54, 1.807) is 25.4 Å². The van der Waals surface area contributed by atoms with Gasteiger partial charge in [-0.3, -0.25) is 14.8 Å². The van der Waals surface area contributed by atoms with E-state index in [-0.39, 0.29) is 28.4 Å². The zero-order valence-corrected chi connectivity index (χ0v) is 20.0. The number of nitrogens with two attached hydrogens (primary N) is 1. The molecule has 8 nitrogen and oxygen atoms in total. The van der Waals surface area contributed by atoms with Crippen molar-refractivity contribution in [2.45, 2.75) is 42.8 Å². The Morgan fingerprint density at radius 2 is 1.81 bits per heavy atom. The second-order valence-electron chi connectivity index (χ2n) is 8.69. The van der Waals surface area contributed by atoms with E-state index in [4.69, 9.17) is 5.14 Å². The normalized spacial score (nSPS) is 17.4. The van der Waals surface area contributed by atoms with Gasteiger partial charge >= 0.3 is 12.1 Å². The van der Waals surface area contributed by atoms with Crippen LogP contribution in [0.5, 0.6) is 0 Å². The van der Waals surface area contributed by atoms with E-state index in [9.17, 15) is 26.5 Å². The Balaban J connectivity index is 1.63.